The highest BCUT2D eigenvalue weighted by Gasteiger charge is 2.12. The molecule has 0 aliphatic carbocycles. The molecule has 100 valence electrons. The lowest BCUT2D eigenvalue weighted by Crippen LogP contribution is -2.11. The van der Waals surface area contributed by atoms with Crippen LogP contribution in [0.5, 0.6) is 5.75 Å². The van der Waals surface area contributed by atoms with Gasteiger partial charge in [-0.25, -0.2) is 9.97 Å². The maximum absolute atomic E-state index is 5.87. The highest BCUT2D eigenvalue weighted by atomic mass is 16.5. The fraction of sp³-hybridized carbons (Fsp3) is 0.333. The van der Waals surface area contributed by atoms with Crippen LogP contribution in [0.2, 0.25) is 0 Å². The molecule has 0 saturated carbocycles. The first-order chi connectivity index (χ1) is 9.01. The molecule has 1 aromatic heterocycles. The second kappa shape index (κ2) is 5.36. The normalized spacial score (nSPS) is 12.3. The molecular weight excluding hydrogens is 238 g/mol. The summed E-state index contributed by atoms with van der Waals surface area (Å²) in [4.78, 5) is 8.90. The lowest BCUT2D eigenvalue weighted by molar-refractivity contribution is 0.416. The molecule has 4 nitrogen and oxygen atoms in total. The third-order valence-electron chi connectivity index (χ3n) is 2.91. The third kappa shape index (κ3) is 2.90. The van der Waals surface area contributed by atoms with Gasteiger partial charge >= 0.3 is 0 Å². The van der Waals surface area contributed by atoms with E-state index in [4.69, 9.17) is 10.5 Å². The molecular formula is C15H19N3O. The zero-order chi connectivity index (χ0) is 14.0. The van der Waals surface area contributed by atoms with Crippen molar-refractivity contribution >= 4 is 0 Å². The van der Waals surface area contributed by atoms with E-state index in [1.165, 1.54) is 0 Å². The molecule has 0 saturated heterocycles. The second-order valence-electron chi connectivity index (χ2n) is 4.75. The van der Waals surface area contributed by atoms with Crippen molar-refractivity contribution in [3.63, 3.8) is 0 Å². The molecule has 1 unspecified atom stereocenters. The molecule has 0 bridgehead atoms. The van der Waals surface area contributed by atoms with Crippen LogP contribution >= 0.6 is 0 Å². The largest absolute Gasteiger partial charge is 0.496 e. The number of hydrogen-bond acceptors (Lipinski definition) is 4. The van der Waals surface area contributed by atoms with Crippen molar-refractivity contribution in [3.8, 4) is 17.0 Å². The van der Waals surface area contributed by atoms with E-state index in [1.54, 1.807) is 7.11 Å². The Hall–Kier alpha value is -1.94. The lowest BCUT2D eigenvalue weighted by atomic mass is 10.1. The van der Waals surface area contributed by atoms with Crippen molar-refractivity contribution in [1.82, 2.24) is 9.97 Å². The van der Waals surface area contributed by atoms with Crippen molar-refractivity contribution in [3.05, 3.63) is 41.3 Å². The van der Waals surface area contributed by atoms with Crippen LogP contribution in [0.1, 0.15) is 30.0 Å². The number of nitrogens with zero attached hydrogens (tertiary/aromatic N) is 2. The van der Waals surface area contributed by atoms with Crippen molar-refractivity contribution in [2.75, 3.05) is 7.11 Å². The number of benzene rings is 1. The van der Waals surface area contributed by atoms with Gasteiger partial charge in [-0.2, -0.15) is 0 Å². The zero-order valence-corrected chi connectivity index (χ0v) is 11.8. The average molecular weight is 257 g/mol. The molecule has 2 N–H and O–H groups in total. The first-order valence-electron chi connectivity index (χ1n) is 6.27. The molecule has 19 heavy (non-hydrogen) atoms. The topological polar surface area (TPSA) is 61.0 Å². The molecule has 2 rings (SSSR count). The summed E-state index contributed by atoms with van der Waals surface area (Å²) in [6.07, 6.45) is 0. The van der Waals surface area contributed by atoms with Gasteiger partial charge in [0.15, 0.2) is 0 Å². The Morgan fingerprint density at radius 3 is 2.53 bits per heavy atom. The Balaban J connectivity index is 2.61. The van der Waals surface area contributed by atoms with Gasteiger partial charge in [-0.05, 0) is 39.0 Å². The number of hydrogen-bond donors (Lipinski definition) is 1. The molecule has 4 heteroatoms. The van der Waals surface area contributed by atoms with E-state index in [2.05, 4.69) is 16.0 Å². The first kappa shape index (κ1) is 13.5. The van der Waals surface area contributed by atoms with Crippen molar-refractivity contribution in [1.29, 1.82) is 0 Å². The van der Waals surface area contributed by atoms with Gasteiger partial charge in [0.2, 0.25) is 0 Å². The SMILES string of the molecule is COc1ccc(C)cc1-c1cc(C)nc(C(C)N)n1. The molecule has 0 aliphatic rings. The molecule has 0 spiro atoms. The third-order valence-corrected chi connectivity index (χ3v) is 2.91. The van der Waals surface area contributed by atoms with Crippen LogP contribution in [0.4, 0.5) is 0 Å². The Kier molecular flexibility index (Phi) is 3.81. The molecule has 2 aromatic rings. The fourth-order valence-electron chi connectivity index (χ4n) is 1.96. The summed E-state index contributed by atoms with van der Waals surface area (Å²) in [6.45, 7) is 5.87. The Morgan fingerprint density at radius 2 is 1.89 bits per heavy atom. The molecule has 0 aliphatic heterocycles. The smallest absolute Gasteiger partial charge is 0.145 e. The monoisotopic (exact) mass is 257 g/mol. The summed E-state index contributed by atoms with van der Waals surface area (Å²) < 4.78 is 5.40. The molecule has 0 radical (unpaired) electrons. The van der Waals surface area contributed by atoms with Gasteiger partial charge < -0.3 is 10.5 Å². The van der Waals surface area contributed by atoms with Gasteiger partial charge in [-0.1, -0.05) is 11.6 Å². The highest BCUT2D eigenvalue weighted by Crippen LogP contribution is 2.30. The van der Waals surface area contributed by atoms with Gasteiger partial charge in [0.05, 0.1) is 18.8 Å². The fourth-order valence-corrected chi connectivity index (χ4v) is 1.96. The minimum Gasteiger partial charge on any atom is -0.496 e. The van der Waals surface area contributed by atoms with Gasteiger partial charge in [-0.3, -0.25) is 0 Å². The Morgan fingerprint density at radius 1 is 1.16 bits per heavy atom. The van der Waals surface area contributed by atoms with Crippen molar-refractivity contribution in [2.45, 2.75) is 26.8 Å². The van der Waals surface area contributed by atoms with Crippen LogP contribution in [0.3, 0.4) is 0 Å². The number of nitrogens with two attached hydrogens (primary N) is 1. The van der Waals surface area contributed by atoms with E-state index >= 15 is 0 Å². The predicted octanol–water partition coefficient (Wildman–Crippen LogP) is 2.79. The number of aryl methyl sites for hydroxylation is 2. The maximum Gasteiger partial charge on any atom is 0.145 e. The van der Waals surface area contributed by atoms with E-state index in [0.717, 1.165) is 28.3 Å². The molecule has 1 aromatic carbocycles. The molecule has 0 fully saturated rings. The van der Waals surface area contributed by atoms with Gasteiger partial charge in [0.1, 0.15) is 11.6 Å². The Bertz CT molecular complexity index is 594. The Labute approximate surface area is 113 Å². The molecule has 1 heterocycles. The number of rotatable bonds is 3. The van der Waals surface area contributed by atoms with Crippen LogP contribution in [0.15, 0.2) is 24.3 Å². The van der Waals surface area contributed by atoms with Crippen LogP contribution < -0.4 is 10.5 Å². The summed E-state index contributed by atoms with van der Waals surface area (Å²) >= 11 is 0. The van der Waals surface area contributed by atoms with Crippen molar-refractivity contribution in [2.24, 2.45) is 5.73 Å². The summed E-state index contributed by atoms with van der Waals surface area (Å²) in [5.41, 5.74) is 9.75. The quantitative estimate of drug-likeness (QED) is 0.918. The van der Waals surface area contributed by atoms with Crippen LogP contribution in [0.25, 0.3) is 11.3 Å². The summed E-state index contributed by atoms with van der Waals surface area (Å²) in [6, 6.07) is 7.79. The second-order valence-corrected chi connectivity index (χ2v) is 4.75. The van der Waals surface area contributed by atoms with Gasteiger partial charge in [-0.15, -0.1) is 0 Å². The number of methoxy groups -OCH3 is 1. The van der Waals surface area contributed by atoms with Crippen LogP contribution in [-0.2, 0) is 0 Å². The number of ether oxygens (including phenoxy) is 1. The first-order valence-corrected chi connectivity index (χ1v) is 6.27. The number of aromatic nitrogens is 2. The summed E-state index contributed by atoms with van der Waals surface area (Å²) in [5.74, 6) is 1.46. The lowest BCUT2D eigenvalue weighted by Gasteiger charge is -2.12. The van der Waals surface area contributed by atoms with E-state index in [-0.39, 0.29) is 6.04 Å². The summed E-state index contributed by atoms with van der Waals surface area (Å²) in [5, 5.41) is 0. The van der Waals surface area contributed by atoms with E-state index in [1.807, 2.05) is 39.0 Å². The van der Waals surface area contributed by atoms with Gasteiger partial charge in [0, 0.05) is 11.3 Å². The van der Waals surface area contributed by atoms with E-state index < -0.39 is 0 Å². The summed E-state index contributed by atoms with van der Waals surface area (Å²) in [7, 11) is 1.66. The van der Waals surface area contributed by atoms with Gasteiger partial charge in [0.25, 0.3) is 0 Å². The van der Waals surface area contributed by atoms with Crippen molar-refractivity contribution < 1.29 is 4.74 Å². The van der Waals surface area contributed by atoms with Crippen LogP contribution in [-0.4, -0.2) is 17.1 Å². The highest BCUT2D eigenvalue weighted by molar-refractivity contribution is 5.68. The minimum absolute atomic E-state index is 0.186. The molecule has 0 amide bonds. The van der Waals surface area contributed by atoms with E-state index in [9.17, 15) is 0 Å². The maximum atomic E-state index is 5.87. The zero-order valence-electron chi connectivity index (χ0n) is 11.8. The minimum atomic E-state index is -0.186. The van der Waals surface area contributed by atoms with E-state index in [0.29, 0.717) is 5.82 Å². The molecule has 1 atom stereocenters. The average Bonchev–Trinajstić information content (AvgIpc) is 2.37. The predicted molar refractivity (Wildman–Crippen MR) is 76.1 cm³/mol. The standard InChI is InChI=1S/C15H19N3O/c1-9-5-6-14(19-4)12(7-9)13-8-10(2)17-15(18-13)11(3)16/h5-8,11H,16H2,1-4H3. The van der Waals surface area contributed by atoms with Crippen LogP contribution in [0, 0.1) is 13.8 Å².